The number of halogens is 1. The van der Waals surface area contributed by atoms with Crippen molar-refractivity contribution in [3.8, 4) is 17.0 Å². The predicted octanol–water partition coefficient (Wildman–Crippen LogP) is 3.65. The zero-order valence-corrected chi connectivity index (χ0v) is 13.3. The van der Waals surface area contributed by atoms with Gasteiger partial charge >= 0.3 is 0 Å². The van der Waals surface area contributed by atoms with E-state index in [4.69, 9.17) is 4.74 Å². The van der Waals surface area contributed by atoms with Gasteiger partial charge in [-0.1, -0.05) is 18.2 Å². The largest absolute Gasteiger partial charge is 0.487 e. The van der Waals surface area contributed by atoms with Gasteiger partial charge in [0.15, 0.2) is 0 Å². The van der Waals surface area contributed by atoms with Crippen LogP contribution in [-0.2, 0) is 13.2 Å². The minimum absolute atomic E-state index is 0.0470. The number of benzene rings is 1. The highest BCUT2D eigenvalue weighted by molar-refractivity contribution is 5.59. The second-order valence-electron chi connectivity index (χ2n) is 5.34. The van der Waals surface area contributed by atoms with Crippen LogP contribution in [0.2, 0.25) is 0 Å². The molecule has 0 aliphatic carbocycles. The molecule has 0 saturated heterocycles. The Hall–Kier alpha value is -2.95. The molecule has 0 aliphatic rings. The Bertz CT molecular complexity index is 888. The molecule has 3 aromatic rings. The van der Waals surface area contributed by atoms with Crippen molar-refractivity contribution in [1.82, 2.24) is 9.55 Å². The molecule has 0 amide bonds. The van der Waals surface area contributed by atoms with Crippen molar-refractivity contribution in [2.45, 2.75) is 20.1 Å². The standard InChI is InChI=1S/C19H17FN2O2/c1-2-22-12-17(7-9-19(22)23)24-13-14-4-3-5-15(10-14)18-8-6-16(20)11-21-18/h3-12H,2,13H2,1H3. The SMILES string of the molecule is CCn1cc(OCc2cccc(-c3ccc(F)cn3)c2)ccc1=O. The van der Waals surface area contributed by atoms with Gasteiger partial charge in [0.1, 0.15) is 18.2 Å². The average Bonchev–Trinajstić information content (AvgIpc) is 2.62. The molecule has 0 spiro atoms. The summed E-state index contributed by atoms with van der Waals surface area (Å²) in [7, 11) is 0. The van der Waals surface area contributed by atoms with Crippen LogP contribution in [0.5, 0.6) is 5.75 Å². The quantitative estimate of drug-likeness (QED) is 0.719. The molecule has 0 atom stereocenters. The van der Waals surface area contributed by atoms with Gasteiger partial charge in [-0.3, -0.25) is 9.78 Å². The second kappa shape index (κ2) is 7.08. The fraction of sp³-hybridized carbons (Fsp3) is 0.158. The first-order valence-corrected chi connectivity index (χ1v) is 7.70. The van der Waals surface area contributed by atoms with Crippen LogP contribution in [0, 0.1) is 5.82 Å². The van der Waals surface area contributed by atoms with Gasteiger partial charge in [0.25, 0.3) is 5.56 Å². The predicted molar refractivity (Wildman–Crippen MR) is 90.3 cm³/mol. The summed E-state index contributed by atoms with van der Waals surface area (Å²) in [6.07, 6.45) is 2.90. The summed E-state index contributed by atoms with van der Waals surface area (Å²) in [4.78, 5) is 15.7. The molecule has 3 rings (SSSR count). The highest BCUT2D eigenvalue weighted by atomic mass is 19.1. The van der Waals surface area contributed by atoms with E-state index in [0.29, 0.717) is 24.6 Å². The number of pyridine rings is 2. The van der Waals surface area contributed by atoms with Crippen molar-refractivity contribution in [1.29, 1.82) is 0 Å². The van der Waals surface area contributed by atoms with E-state index >= 15 is 0 Å². The zero-order chi connectivity index (χ0) is 16.9. The van der Waals surface area contributed by atoms with E-state index in [9.17, 15) is 9.18 Å². The highest BCUT2D eigenvalue weighted by Gasteiger charge is 2.03. The third-order valence-corrected chi connectivity index (χ3v) is 3.65. The number of hydrogen-bond acceptors (Lipinski definition) is 3. The van der Waals surface area contributed by atoms with Crippen LogP contribution in [0.25, 0.3) is 11.3 Å². The van der Waals surface area contributed by atoms with Crippen LogP contribution in [0.15, 0.2) is 65.7 Å². The monoisotopic (exact) mass is 324 g/mol. The molecule has 0 aliphatic heterocycles. The van der Waals surface area contributed by atoms with E-state index < -0.39 is 0 Å². The summed E-state index contributed by atoms with van der Waals surface area (Å²) < 4.78 is 20.3. The smallest absolute Gasteiger partial charge is 0.250 e. The normalized spacial score (nSPS) is 10.6. The van der Waals surface area contributed by atoms with Crippen LogP contribution in [0.1, 0.15) is 12.5 Å². The van der Waals surface area contributed by atoms with Crippen LogP contribution in [0.4, 0.5) is 4.39 Å². The molecular weight excluding hydrogens is 307 g/mol. The summed E-state index contributed by atoms with van der Waals surface area (Å²) in [5, 5.41) is 0. The van der Waals surface area contributed by atoms with E-state index in [0.717, 1.165) is 11.1 Å². The van der Waals surface area contributed by atoms with Gasteiger partial charge in [-0.25, -0.2) is 4.39 Å². The van der Waals surface area contributed by atoms with Gasteiger partial charge in [-0.15, -0.1) is 0 Å². The summed E-state index contributed by atoms with van der Waals surface area (Å²) in [6, 6.07) is 13.9. The first-order chi connectivity index (χ1) is 11.7. The van der Waals surface area contributed by atoms with Gasteiger partial charge in [0.2, 0.25) is 0 Å². The Balaban J connectivity index is 1.75. The van der Waals surface area contributed by atoms with E-state index in [1.807, 2.05) is 31.2 Å². The molecule has 0 radical (unpaired) electrons. The van der Waals surface area contributed by atoms with Crippen LogP contribution in [-0.4, -0.2) is 9.55 Å². The zero-order valence-electron chi connectivity index (χ0n) is 13.3. The number of aromatic nitrogens is 2. The molecule has 0 saturated carbocycles. The van der Waals surface area contributed by atoms with Crippen molar-refractivity contribution in [2.75, 3.05) is 0 Å². The molecule has 0 N–H and O–H groups in total. The lowest BCUT2D eigenvalue weighted by atomic mass is 10.1. The third kappa shape index (κ3) is 3.68. The van der Waals surface area contributed by atoms with Gasteiger partial charge < -0.3 is 9.30 Å². The summed E-state index contributed by atoms with van der Waals surface area (Å²) in [5.74, 6) is 0.283. The molecule has 0 unspecified atom stereocenters. The highest BCUT2D eigenvalue weighted by Crippen LogP contribution is 2.19. The Morgan fingerprint density at radius 3 is 2.79 bits per heavy atom. The number of aryl methyl sites for hydroxylation is 1. The van der Waals surface area contributed by atoms with E-state index in [1.54, 1.807) is 22.9 Å². The number of ether oxygens (including phenoxy) is 1. The minimum atomic E-state index is -0.357. The maximum atomic E-state index is 13.0. The Kier molecular flexibility index (Phi) is 4.70. The van der Waals surface area contributed by atoms with Gasteiger partial charge in [0.05, 0.1) is 11.9 Å². The molecule has 1 aromatic carbocycles. The van der Waals surface area contributed by atoms with Crippen molar-refractivity contribution < 1.29 is 9.13 Å². The molecule has 4 nitrogen and oxygen atoms in total. The number of nitrogens with zero attached hydrogens (tertiary/aromatic N) is 2. The Labute approximate surface area is 139 Å². The van der Waals surface area contributed by atoms with Crippen LogP contribution in [0.3, 0.4) is 0 Å². The maximum absolute atomic E-state index is 13.0. The molecule has 2 heterocycles. The Morgan fingerprint density at radius 1 is 1.17 bits per heavy atom. The molecule has 0 bridgehead atoms. The van der Waals surface area contributed by atoms with Crippen LogP contribution >= 0.6 is 0 Å². The van der Waals surface area contributed by atoms with E-state index in [2.05, 4.69) is 4.98 Å². The van der Waals surface area contributed by atoms with Gasteiger partial charge in [-0.2, -0.15) is 0 Å². The maximum Gasteiger partial charge on any atom is 0.250 e. The minimum Gasteiger partial charge on any atom is -0.487 e. The molecule has 0 fully saturated rings. The fourth-order valence-electron chi connectivity index (χ4n) is 2.38. The van der Waals surface area contributed by atoms with Crippen molar-refractivity contribution in [2.24, 2.45) is 0 Å². The van der Waals surface area contributed by atoms with Crippen molar-refractivity contribution >= 4 is 0 Å². The summed E-state index contributed by atoms with van der Waals surface area (Å²) >= 11 is 0. The fourth-order valence-corrected chi connectivity index (χ4v) is 2.38. The molecule has 2 aromatic heterocycles. The van der Waals surface area contributed by atoms with Gasteiger partial charge in [0, 0.05) is 24.4 Å². The number of rotatable bonds is 5. The molecule has 122 valence electrons. The van der Waals surface area contributed by atoms with Gasteiger partial charge in [-0.05, 0) is 36.8 Å². The molecule has 5 heteroatoms. The topological polar surface area (TPSA) is 44.1 Å². The second-order valence-corrected chi connectivity index (χ2v) is 5.34. The van der Waals surface area contributed by atoms with E-state index in [-0.39, 0.29) is 11.4 Å². The Morgan fingerprint density at radius 2 is 2.04 bits per heavy atom. The lowest BCUT2D eigenvalue weighted by Gasteiger charge is -2.09. The number of hydrogen-bond donors (Lipinski definition) is 0. The first kappa shape index (κ1) is 15.9. The third-order valence-electron chi connectivity index (χ3n) is 3.65. The lowest BCUT2D eigenvalue weighted by Crippen LogP contribution is -2.17. The summed E-state index contributed by atoms with van der Waals surface area (Å²) in [6.45, 7) is 2.88. The molecule has 24 heavy (non-hydrogen) atoms. The van der Waals surface area contributed by atoms with Crippen LogP contribution < -0.4 is 10.3 Å². The van der Waals surface area contributed by atoms with E-state index in [1.165, 1.54) is 18.3 Å². The summed E-state index contributed by atoms with van der Waals surface area (Å²) in [5.41, 5.74) is 2.52. The first-order valence-electron chi connectivity index (χ1n) is 7.70. The average molecular weight is 324 g/mol. The lowest BCUT2D eigenvalue weighted by molar-refractivity contribution is 0.303. The van der Waals surface area contributed by atoms with Crippen molar-refractivity contribution in [3.05, 3.63) is 82.7 Å². The van der Waals surface area contributed by atoms with Crippen molar-refractivity contribution in [3.63, 3.8) is 0 Å². The molecular formula is C19H17FN2O2.